The lowest BCUT2D eigenvalue weighted by atomic mass is 10.0. The largest absolute Gasteiger partial charge is 0.516 e. The molecule has 0 bridgehead atoms. The van der Waals surface area contributed by atoms with Crippen LogP contribution < -0.4 is 16.0 Å². The van der Waals surface area contributed by atoms with Gasteiger partial charge in [0, 0.05) is 25.1 Å². The van der Waals surface area contributed by atoms with Crippen molar-refractivity contribution in [1.29, 1.82) is 0 Å². The lowest BCUT2D eigenvalue weighted by Crippen LogP contribution is -2.27. The van der Waals surface area contributed by atoms with Gasteiger partial charge >= 0.3 is 6.09 Å². The van der Waals surface area contributed by atoms with Gasteiger partial charge in [-0.2, -0.15) is 0 Å². The predicted octanol–water partition coefficient (Wildman–Crippen LogP) is 11.8. The number of allylic oxidation sites excluding steroid dienone is 7. The number of nitrogens with one attached hydrogen (secondary N) is 3. The van der Waals surface area contributed by atoms with E-state index in [1.54, 1.807) is 13.0 Å². The highest BCUT2D eigenvalue weighted by Crippen LogP contribution is 2.28. The molecule has 3 rings (SSSR count). The Morgan fingerprint density at radius 1 is 0.833 bits per heavy atom. The fourth-order valence-electron chi connectivity index (χ4n) is 4.22. The molecule has 308 valence electrons. The van der Waals surface area contributed by atoms with Gasteiger partial charge < -0.3 is 30.2 Å². The Bertz CT molecular complexity index is 1150. The minimum absolute atomic E-state index is 0.0879. The first-order chi connectivity index (χ1) is 26.3. The summed E-state index contributed by atoms with van der Waals surface area (Å²) in [7, 11) is 5.68. The number of aliphatic hydroxyl groups is 1. The van der Waals surface area contributed by atoms with Crippen LogP contribution in [0.3, 0.4) is 0 Å². The zero-order chi connectivity index (χ0) is 41.5. The molecule has 1 atom stereocenters. The molecule has 1 amide bonds. The predicted molar refractivity (Wildman–Crippen MR) is 239 cm³/mol. The van der Waals surface area contributed by atoms with E-state index in [9.17, 15) is 9.59 Å². The summed E-state index contributed by atoms with van der Waals surface area (Å²) in [4.78, 5) is 25.2. The first-order valence-corrected chi connectivity index (χ1v) is 20.0. The van der Waals surface area contributed by atoms with Crippen molar-refractivity contribution in [3.05, 3.63) is 103 Å². The number of carbonyl (C=O) groups excluding carboxylic acids is 2. The number of ether oxygens (including phenoxy) is 1. The van der Waals surface area contributed by atoms with E-state index in [4.69, 9.17) is 9.84 Å². The van der Waals surface area contributed by atoms with Gasteiger partial charge in [-0.3, -0.25) is 5.32 Å². The van der Waals surface area contributed by atoms with Gasteiger partial charge in [0.15, 0.2) is 0 Å². The van der Waals surface area contributed by atoms with Crippen LogP contribution in [0.4, 0.5) is 10.5 Å². The Morgan fingerprint density at radius 3 is 1.85 bits per heavy atom. The molecule has 2 aromatic carbocycles. The minimum atomic E-state index is -0.412. The molecule has 1 aliphatic rings. The molecule has 1 unspecified atom stereocenters. The number of hydrogen-bond acceptors (Lipinski definition) is 7. The van der Waals surface area contributed by atoms with Gasteiger partial charge in [0.2, 0.25) is 0 Å². The topological polar surface area (TPSA) is 103 Å². The third-order valence-corrected chi connectivity index (χ3v) is 6.90. The van der Waals surface area contributed by atoms with Crippen molar-refractivity contribution in [3.8, 4) is 11.1 Å². The highest BCUT2D eigenvalue weighted by molar-refractivity contribution is 5.91. The van der Waals surface area contributed by atoms with Gasteiger partial charge in [-0.05, 0) is 98.2 Å². The normalized spacial score (nSPS) is 13.4. The lowest BCUT2D eigenvalue weighted by molar-refractivity contribution is -0.108. The fourth-order valence-corrected chi connectivity index (χ4v) is 4.22. The summed E-state index contributed by atoms with van der Waals surface area (Å²) < 4.78 is 5.67. The molecule has 54 heavy (non-hydrogen) atoms. The number of nitrogens with zero attached hydrogens (tertiary/aromatic N) is 1. The molecule has 1 fully saturated rings. The first-order valence-electron chi connectivity index (χ1n) is 20.0. The molecular weight excluding hydrogens is 673 g/mol. The third kappa shape index (κ3) is 39.2. The van der Waals surface area contributed by atoms with Crippen molar-refractivity contribution in [3.63, 3.8) is 0 Å². The molecule has 1 saturated heterocycles. The molecule has 2 aromatic rings. The van der Waals surface area contributed by atoms with Crippen molar-refractivity contribution in [2.45, 2.75) is 113 Å². The number of unbranched alkanes of at least 4 members (excludes halogenated alkanes) is 1. The average molecular weight is 753 g/mol. The van der Waals surface area contributed by atoms with E-state index in [0.29, 0.717) is 6.42 Å². The number of amides is 1. The summed E-state index contributed by atoms with van der Waals surface area (Å²) >= 11 is 0. The van der Waals surface area contributed by atoms with Crippen LogP contribution >= 0.6 is 0 Å². The van der Waals surface area contributed by atoms with Crippen molar-refractivity contribution in [1.82, 2.24) is 15.5 Å². The monoisotopic (exact) mass is 753 g/mol. The third-order valence-electron chi connectivity index (χ3n) is 6.90. The summed E-state index contributed by atoms with van der Waals surface area (Å²) in [5.41, 5.74) is 2.76. The smallest absolute Gasteiger partial charge is 0.411 e. The highest BCUT2D eigenvalue weighted by Gasteiger charge is 2.20. The van der Waals surface area contributed by atoms with E-state index < -0.39 is 6.09 Å². The average Bonchev–Trinajstić information content (AvgIpc) is 3.44. The van der Waals surface area contributed by atoms with E-state index in [-0.39, 0.29) is 6.10 Å². The van der Waals surface area contributed by atoms with Crippen LogP contribution in [0.15, 0.2) is 103 Å². The van der Waals surface area contributed by atoms with Crippen LogP contribution in [0.2, 0.25) is 0 Å². The van der Waals surface area contributed by atoms with E-state index in [1.807, 2.05) is 89.6 Å². The number of carbonyl (C=O) groups is 2. The molecule has 4 N–H and O–H groups in total. The number of benzene rings is 2. The fraction of sp³-hybridized carbons (Fsp3) is 0.522. The molecule has 1 aliphatic heterocycles. The van der Waals surface area contributed by atoms with E-state index in [2.05, 4.69) is 91.9 Å². The summed E-state index contributed by atoms with van der Waals surface area (Å²) in [5.74, 6) is 0. The van der Waals surface area contributed by atoms with E-state index in [1.165, 1.54) is 12.8 Å². The number of aliphatic hydroxyl groups excluding tert-OH is 1. The number of para-hydroxylation sites is 1. The standard InChI is InChI=1S/C22H26N2O3.C8H14.C6H12.C3H9N.C3H6O.C2H7N.C2H6/c25-17-7-15-24-14-6-10-19(13-16-24)27-22(26)23-21-12-5-4-11-20(21)18-8-2-1-3-9-18;1-3-5-7-8-6-4-2;1-3-5-6-4-2;1-3-4-2;1-2-3-4;1-3-2;1-2/h1-5,8-9,11-12,17,19H,6-7,10,13-16H2,(H,23,26);5-8H,3-4H2,1-2H3;3,5H,4,6H2,1-2H3;4H,3H2,1-2H3;2-4H,1H3;3H,1-2H3;1-2H3/b;7-5-,8-6-;5-3-;;3-2+;;. The second-order valence-electron chi connectivity index (χ2n) is 11.5. The van der Waals surface area contributed by atoms with Crippen LogP contribution in [-0.4, -0.2) is 75.8 Å². The Balaban J connectivity index is -0.000000377. The number of anilines is 1. The molecule has 0 spiro atoms. The van der Waals surface area contributed by atoms with Gasteiger partial charge in [0.25, 0.3) is 0 Å². The van der Waals surface area contributed by atoms with Crippen molar-refractivity contribution < 1.29 is 19.4 Å². The molecular formula is C46H80N4O4. The van der Waals surface area contributed by atoms with Gasteiger partial charge in [0.05, 0.1) is 11.9 Å². The van der Waals surface area contributed by atoms with Crippen LogP contribution in [0.5, 0.6) is 0 Å². The maximum Gasteiger partial charge on any atom is 0.411 e. The van der Waals surface area contributed by atoms with Crippen LogP contribution in [0.1, 0.15) is 107 Å². The number of rotatable bonds is 12. The number of aldehydes is 1. The van der Waals surface area contributed by atoms with Crippen LogP contribution in [0.25, 0.3) is 11.1 Å². The zero-order valence-corrected chi connectivity index (χ0v) is 36.1. The van der Waals surface area contributed by atoms with Crippen molar-refractivity contribution in [2.75, 3.05) is 52.6 Å². The molecule has 0 radical (unpaired) electrons. The summed E-state index contributed by atoms with van der Waals surface area (Å²) in [6.45, 7) is 20.0. The van der Waals surface area contributed by atoms with E-state index >= 15 is 0 Å². The van der Waals surface area contributed by atoms with Gasteiger partial charge in [-0.25, -0.2) is 4.79 Å². The summed E-state index contributed by atoms with van der Waals surface area (Å²) in [5, 5.41) is 16.3. The number of hydrogen-bond donors (Lipinski definition) is 4. The second-order valence-corrected chi connectivity index (χ2v) is 11.5. The Labute approximate surface area is 332 Å². The van der Waals surface area contributed by atoms with Crippen molar-refractivity contribution in [2.24, 2.45) is 0 Å². The Hall–Kier alpha value is -3.98. The Kier molecular flexibility index (Phi) is 51.5. The molecule has 0 saturated carbocycles. The highest BCUT2D eigenvalue weighted by atomic mass is 16.6. The zero-order valence-electron chi connectivity index (χ0n) is 36.1. The van der Waals surface area contributed by atoms with Crippen LogP contribution in [0, 0.1) is 0 Å². The molecule has 1 heterocycles. The first kappa shape index (κ1) is 56.8. The lowest BCUT2D eigenvalue weighted by Gasteiger charge is -2.19. The molecule has 0 aliphatic carbocycles. The number of likely N-dealkylation sites (tertiary alicyclic amines) is 1. The molecule has 0 aromatic heterocycles. The SMILES string of the molecule is C/C=C/O.C/C=C\CCC.CC.CC/C=C\C=C/CC.CCNC.CNC.O=CCCN1CCCC(OC(=O)Nc2ccccc2-c2ccccc2)CC1. The minimum Gasteiger partial charge on any atom is -0.516 e. The van der Waals surface area contributed by atoms with Gasteiger partial charge in [-0.1, -0.05) is 139 Å². The maximum absolute atomic E-state index is 12.4. The molecule has 8 nitrogen and oxygen atoms in total. The van der Waals surface area contributed by atoms with Crippen LogP contribution in [-0.2, 0) is 9.53 Å². The molecule has 8 heteroatoms. The van der Waals surface area contributed by atoms with Crippen molar-refractivity contribution >= 4 is 18.1 Å². The van der Waals surface area contributed by atoms with Gasteiger partial charge in [0.1, 0.15) is 12.4 Å². The quantitative estimate of drug-likeness (QED) is 0.0741. The summed E-state index contributed by atoms with van der Waals surface area (Å²) in [6, 6.07) is 17.7. The summed E-state index contributed by atoms with van der Waals surface area (Å²) in [6.07, 6.45) is 23.7. The second kappa shape index (κ2) is 49.0. The Morgan fingerprint density at radius 2 is 1.39 bits per heavy atom. The van der Waals surface area contributed by atoms with Gasteiger partial charge in [-0.15, -0.1) is 0 Å². The van der Waals surface area contributed by atoms with E-state index in [0.717, 1.165) is 87.6 Å². The maximum atomic E-state index is 12.4.